The molecule has 0 radical (unpaired) electrons. The van der Waals surface area contributed by atoms with Crippen molar-refractivity contribution in [1.82, 2.24) is 10.2 Å². The molecule has 2 aromatic carbocycles. The van der Waals surface area contributed by atoms with E-state index < -0.39 is 33.7 Å². The molecule has 0 bridgehead atoms. The highest BCUT2D eigenvalue weighted by Gasteiger charge is 2.39. The van der Waals surface area contributed by atoms with Gasteiger partial charge in [-0.3, -0.25) is 9.69 Å². The van der Waals surface area contributed by atoms with Crippen molar-refractivity contribution in [3.8, 4) is 5.75 Å². The third-order valence-electron chi connectivity index (χ3n) is 6.28. The fraction of sp³-hybridized carbons (Fsp3) is 0.458. The summed E-state index contributed by atoms with van der Waals surface area (Å²) in [5, 5.41) is 2.97. The number of carbonyl (C=O) groups is 1. The van der Waals surface area contributed by atoms with E-state index in [2.05, 4.69) is 5.32 Å². The maximum absolute atomic E-state index is 13.2. The molecule has 190 valence electrons. The average Bonchev–Trinajstić information content (AvgIpc) is 3.35. The maximum Gasteiger partial charge on any atom is 0.416 e. The molecule has 0 spiro atoms. The number of amides is 1. The molecule has 2 aromatic rings. The smallest absolute Gasteiger partial charge is 0.416 e. The molecule has 2 heterocycles. The monoisotopic (exact) mass is 528 g/mol. The Kier molecular flexibility index (Phi) is 7.68. The summed E-state index contributed by atoms with van der Waals surface area (Å²) in [6, 6.07) is 11.7. The largest absolute Gasteiger partial charge is 0.497 e. The van der Waals surface area contributed by atoms with Crippen molar-refractivity contribution in [3.05, 3.63) is 59.7 Å². The first-order chi connectivity index (χ1) is 16.5. The molecule has 0 aliphatic carbocycles. The molecule has 2 aliphatic rings. The predicted molar refractivity (Wildman–Crippen MR) is 128 cm³/mol. The predicted octanol–water partition coefficient (Wildman–Crippen LogP) is 3.75. The molecule has 2 saturated heterocycles. The van der Waals surface area contributed by atoms with E-state index in [1.807, 2.05) is 29.2 Å². The van der Waals surface area contributed by atoms with Gasteiger partial charge in [-0.25, -0.2) is 8.42 Å². The first kappa shape index (κ1) is 25.8. The number of ether oxygens (including phenoxy) is 1. The second-order valence-electron chi connectivity index (χ2n) is 8.90. The second kappa shape index (κ2) is 10.4. The van der Waals surface area contributed by atoms with E-state index in [0.29, 0.717) is 31.5 Å². The molecule has 11 heteroatoms. The van der Waals surface area contributed by atoms with Crippen LogP contribution in [0.2, 0.25) is 0 Å². The van der Waals surface area contributed by atoms with Crippen molar-refractivity contribution >= 4 is 27.5 Å². The topological polar surface area (TPSA) is 75.7 Å². The van der Waals surface area contributed by atoms with Crippen LogP contribution in [0.4, 0.5) is 13.2 Å². The molecule has 1 N–H and O–H groups in total. The minimum Gasteiger partial charge on any atom is -0.497 e. The lowest BCUT2D eigenvalue weighted by atomic mass is 10.1. The molecular formula is C24H27F3N2O4S2. The molecule has 0 aromatic heterocycles. The van der Waals surface area contributed by atoms with Gasteiger partial charge < -0.3 is 10.1 Å². The van der Waals surface area contributed by atoms with Gasteiger partial charge in [-0.2, -0.15) is 13.2 Å². The summed E-state index contributed by atoms with van der Waals surface area (Å²) in [5.41, 5.74) is -0.0401. The van der Waals surface area contributed by atoms with Gasteiger partial charge in [0.25, 0.3) is 0 Å². The van der Waals surface area contributed by atoms with Crippen LogP contribution in [0.15, 0.2) is 53.4 Å². The molecule has 1 amide bonds. The van der Waals surface area contributed by atoms with Gasteiger partial charge in [0.1, 0.15) is 5.75 Å². The minimum absolute atomic E-state index is 0.0611. The highest BCUT2D eigenvalue weighted by atomic mass is 32.2. The molecule has 6 nitrogen and oxygen atoms in total. The second-order valence-corrected chi connectivity index (χ2v) is 12.5. The van der Waals surface area contributed by atoms with Crippen LogP contribution in [0.5, 0.6) is 5.75 Å². The summed E-state index contributed by atoms with van der Waals surface area (Å²) in [4.78, 5) is 16.1. The van der Waals surface area contributed by atoms with Gasteiger partial charge in [0.2, 0.25) is 5.91 Å². The van der Waals surface area contributed by atoms with E-state index >= 15 is 0 Å². The van der Waals surface area contributed by atoms with Crippen LogP contribution in [-0.2, 0) is 27.4 Å². The van der Waals surface area contributed by atoms with Crippen molar-refractivity contribution in [2.24, 2.45) is 0 Å². The number of sulfone groups is 1. The third-order valence-corrected chi connectivity index (χ3v) is 9.26. The van der Waals surface area contributed by atoms with Gasteiger partial charge in [0, 0.05) is 29.3 Å². The number of benzene rings is 2. The number of nitrogens with zero attached hydrogens (tertiary/aromatic N) is 1. The van der Waals surface area contributed by atoms with E-state index in [9.17, 15) is 26.4 Å². The van der Waals surface area contributed by atoms with Crippen molar-refractivity contribution in [1.29, 1.82) is 0 Å². The Morgan fingerprint density at radius 2 is 1.83 bits per heavy atom. The molecule has 2 aliphatic heterocycles. The number of methoxy groups -OCH3 is 1. The number of hydrogen-bond acceptors (Lipinski definition) is 6. The Morgan fingerprint density at radius 3 is 2.40 bits per heavy atom. The van der Waals surface area contributed by atoms with E-state index in [-0.39, 0.29) is 22.7 Å². The van der Waals surface area contributed by atoms with Crippen molar-refractivity contribution in [2.45, 2.75) is 47.8 Å². The minimum atomic E-state index is -4.41. The Balaban J connectivity index is 1.47. The molecule has 35 heavy (non-hydrogen) atoms. The average molecular weight is 529 g/mol. The van der Waals surface area contributed by atoms with Gasteiger partial charge in [0.05, 0.1) is 30.2 Å². The molecule has 0 saturated carbocycles. The Hall–Kier alpha value is -2.24. The highest BCUT2D eigenvalue weighted by molar-refractivity contribution is 8.00. The fourth-order valence-electron chi connectivity index (χ4n) is 4.48. The van der Waals surface area contributed by atoms with Crippen LogP contribution in [0.25, 0.3) is 0 Å². The maximum atomic E-state index is 13.2. The van der Waals surface area contributed by atoms with Crippen LogP contribution < -0.4 is 10.1 Å². The summed E-state index contributed by atoms with van der Waals surface area (Å²) in [6.45, 7) is 0.887. The number of thioether (sulfide) groups is 1. The number of carbonyl (C=O) groups excluding carboxylic acids is 1. The van der Waals surface area contributed by atoms with Crippen molar-refractivity contribution < 1.29 is 31.1 Å². The fourth-order valence-corrected chi connectivity index (χ4v) is 7.38. The third kappa shape index (κ3) is 6.71. The zero-order valence-corrected chi connectivity index (χ0v) is 20.8. The van der Waals surface area contributed by atoms with Gasteiger partial charge in [0.15, 0.2) is 9.84 Å². The van der Waals surface area contributed by atoms with Gasteiger partial charge >= 0.3 is 6.18 Å². The lowest BCUT2D eigenvalue weighted by Crippen LogP contribution is -2.47. The van der Waals surface area contributed by atoms with Crippen LogP contribution in [0.3, 0.4) is 0 Å². The summed E-state index contributed by atoms with van der Waals surface area (Å²) in [6.07, 6.45) is -3.47. The first-order valence-electron chi connectivity index (χ1n) is 11.2. The standard InChI is InChI=1S/C24H27F3N2O4S2/c1-33-19-6-8-20(9-7-19)34-21-12-22(23(30)28-18-10-11-35(31,32)15-18)29(14-21)13-16-2-4-17(5-3-16)24(25,26)27/h2-9,18,21-22H,10-15H2,1H3,(H,28,30)/t18?,21-,22+/m1/s1. The molecule has 4 rings (SSSR count). The lowest BCUT2D eigenvalue weighted by Gasteiger charge is -2.25. The Labute approximate surface area is 207 Å². The molecule has 2 fully saturated rings. The number of halogens is 3. The number of nitrogens with one attached hydrogen (secondary N) is 1. The zero-order valence-electron chi connectivity index (χ0n) is 19.1. The lowest BCUT2D eigenvalue weighted by molar-refractivity contribution is -0.137. The molecule has 3 atom stereocenters. The summed E-state index contributed by atoms with van der Waals surface area (Å²) < 4.78 is 67.6. The number of likely N-dealkylation sites (tertiary alicyclic amines) is 1. The van der Waals surface area contributed by atoms with Crippen molar-refractivity contribution in [3.63, 3.8) is 0 Å². The summed E-state index contributed by atoms with van der Waals surface area (Å²) in [5.74, 6) is 0.507. The number of alkyl halides is 3. The van der Waals surface area contributed by atoms with Gasteiger partial charge in [-0.1, -0.05) is 12.1 Å². The van der Waals surface area contributed by atoms with E-state index in [0.717, 1.165) is 22.8 Å². The van der Waals surface area contributed by atoms with E-state index in [4.69, 9.17) is 4.74 Å². The quantitative estimate of drug-likeness (QED) is 0.590. The van der Waals surface area contributed by atoms with Gasteiger partial charge in [-0.15, -0.1) is 11.8 Å². The van der Waals surface area contributed by atoms with Crippen LogP contribution >= 0.6 is 11.8 Å². The Morgan fingerprint density at radius 1 is 1.14 bits per heavy atom. The summed E-state index contributed by atoms with van der Waals surface area (Å²) in [7, 11) is -1.54. The molecular weight excluding hydrogens is 501 g/mol. The number of rotatable bonds is 7. The van der Waals surface area contributed by atoms with Crippen LogP contribution in [0.1, 0.15) is 24.0 Å². The van der Waals surface area contributed by atoms with Crippen molar-refractivity contribution in [2.75, 3.05) is 25.2 Å². The van der Waals surface area contributed by atoms with E-state index in [1.54, 1.807) is 18.9 Å². The van der Waals surface area contributed by atoms with Gasteiger partial charge in [-0.05, 0) is 54.8 Å². The molecule has 1 unspecified atom stereocenters. The number of hydrogen-bond donors (Lipinski definition) is 1. The van der Waals surface area contributed by atoms with Crippen LogP contribution in [0, 0.1) is 0 Å². The normalized spacial score (nSPS) is 24.4. The van der Waals surface area contributed by atoms with Crippen LogP contribution in [-0.4, -0.2) is 61.7 Å². The zero-order chi connectivity index (χ0) is 25.2. The highest BCUT2D eigenvalue weighted by Crippen LogP contribution is 2.35. The van der Waals surface area contributed by atoms with E-state index in [1.165, 1.54) is 12.1 Å². The Bertz CT molecular complexity index is 1140. The first-order valence-corrected chi connectivity index (χ1v) is 13.9. The summed E-state index contributed by atoms with van der Waals surface area (Å²) >= 11 is 1.63. The SMILES string of the molecule is COc1ccc(S[C@@H]2C[C@@H](C(=O)NC3CCS(=O)(=O)C3)N(Cc3ccc(C(F)(F)F)cc3)C2)cc1.